The number of hydrogen-bond donors (Lipinski definition) is 2. The number of phenols is 1. The van der Waals surface area contributed by atoms with Crippen LogP contribution in [0.15, 0.2) is 72.8 Å². The third-order valence-corrected chi connectivity index (χ3v) is 5.49. The van der Waals surface area contributed by atoms with Crippen molar-refractivity contribution in [3.63, 3.8) is 0 Å². The molecular formula is C28H27NO9S. The van der Waals surface area contributed by atoms with E-state index in [0.717, 1.165) is 11.8 Å². The number of carbonyl (C=O) groups excluding carboxylic acids is 5. The van der Waals surface area contributed by atoms with Gasteiger partial charge in [-0.15, -0.1) is 0 Å². The zero-order valence-electron chi connectivity index (χ0n) is 21.6. The number of esters is 3. The first kappa shape index (κ1) is 30.6. The fourth-order valence-electron chi connectivity index (χ4n) is 3.06. The van der Waals surface area contributed by atoms with Gasteiger partial charge in [-0.25, -0.2) is 14.4 Å². The number of hydrogen-bond acceptors (Lipinski definition) is 10. The average Bonchev–Trinajstić information content (AvgIpc) is 2.92. The van der Waals surface area contributed by atoms with Gasteiger partial charge in [-0.2, -0.15) is 0 Å². The Kier molecular flexibility index (Phi) is 11.7. The van der Waals surface area contributed by atoms with Crippen molar-refractivity contribution in [1.82, 2.24) is 5.32 Å². The second-order valence-electron chi connectivity index (χ2n) is 7.73. The van der Waals surface area contributed by atoms with E-state index < -0.39 is 23.9 Å². The summed E-state index contributed by atoms with van der Waals surface area (Å²) in [5.74, 6) is -2.43. The molecule has 2 N–H and O–H groups in total. The number of methoxy groups -OCH3 is 1. The molecule has 11 heteroatoms. The summed E-state index contributed by atoms with van der Waals surface area (Å²) in [6.07, 6.45) is 1.63. The third kappa shape index (κ3) is 9.00. The Morgan fingerprint density at radius 2 is 1.23 bits per heavy atom. The van der Waals surface area contributed by atoms with E-state index in [0.29, 0.717) is 0 Å². The molecule has 0 aromatic heterocycles. The number of rotatable bonds is 7. The summed E-state index contributed by atoms with van der Waals surface area (Å²) in [7, 11) is 1.28. The first-order chi connectivity index (χ1) is 18.6. The largest absolute Gasteiger partial charge is 0.507 e. The van der Waals surface area contributed by atoms with Gasteiger partial charge < -0.3 is 24.6 Å². The lowest BCUT2D eigenvalue weighted by Crippen LogP contribution is -2.37. The highest BCUT2D eigenvalue weighted by Crippen LogP contribution is 2.26. The van der Waals surface area contributed by atoms with E-state index in [-0.39, 0.29) is 45.0 Å². The van der Waals surface area contributed by atoms with Crippen LogP contribution in [0, 0.1) is 0 Å². The molecular weight excluding hydrogens is 526 g/mol. The Morgan fingerprint density at radius 3 is 1.74 bits per heavy atom. The van der Waals surface area contributed by atoms with E-state index in [9.17, 15) is 29.1 Å². The highest BCUT2D eigenvalue weighted by molar-refractivity contribution is 8.13. The lowest BCUT2D eigenvalue weighted by Gasteiger charge is -2.12. The first-order valence-electron chi connectivity index (χ1n) is 11.4. The van der Waals surface area contributed by atoms with E-state index in [4.69, 9.17) is 9.47 Å². The fourth-order valence-corrected chi connectivity index (χ4v) is 3.44. The number of amides is 1. The maximum absolute atomic E-state index is 12.7. The molecule has 3 aromatic carbocycles. The zero-order chi connectivity index (χ0) is 28.9. The van der Waals surface area contributed by atoms with Crippen molar-refractivity contribution >= 4 is 40.7 Å². The number of thioether (sulfide) groups is 1. The highest BCUT2D eigenvalue weighted by Gasteiger charge is 2.21. The Morgan fingerprint density at radius 1 is 0.769 bits per heavy atom. The summed E-state index contributed by atoms with van der Waals surface area (Å²) < 4.78 is 15.1. The van der Waals surface area contributed by atoms with Crippen LogP contribution >= 0.6 is 11.8 Å². The van der Waals surface area contributed by atoms with Crippen molar-refractivity contribution in [2.45, 2.75) is 19.9 Å². The third-order valence-electron chi connectivity index (χ3n) is 4.90. The van der Waals surface area contributed by atoms with Crippen molar-refractivity contribution in [3.05, 3.63) is 89.5 Å². The van der Waals surface area contributed by atoms with Gasteiger partial charge in [-0.05, 0) is 49.6 Å². The van der Waals surface area contributed by atoms with Crippen LogP contribution in [0.1, 0.15) is 44.9 Å². The molecule has 0 spiro atoms. The van der Waals surface area contributed by atoms with Crippen LogP contribution in [0.3, 0.4) is 0 Å². The minimum Gasteiger partial charge on any atom is -0.507 e. The Hall–Kier alpha value is -4.64. The molecule has 1 atom stereocenters. The van der Waals surface area contributed by atoms with Gasteiger partial charge in [0.05, 0.1) is 12.7 Å². The van der Waals surface area contributed by atoms with Crippen LogP contribution in [-0.4, -0.2) is 53.4 Å². The lowest BCUT2D eigenvalue weighted by molar-refractivity contribution is -0.144. The van der Waals surface area contributed by atoms with Crippen molar-refractivity contribution in [2.75, 3.05) is 13.4 Å². The molecule has 0 bridgehead atoms. The smallest absolute Gasteiger partial charge is 0.347 e. The number of phenolic OH excluding ortho intramolecular Hbond substituents is 1. The lowest BCUT2D eigenvalue weighted by atomic mass is 10.2. The summed E-state index contributed by atoms with van der Waals surface area (Å²) in [4.78, 5) is 58.1. The molecule has 1 unspecified atom stereocenters. The Bertz CT molecular complexity index is 1360. The standard InChI is InChI=1S/C22H16O6S.C6H11NO3/c1-29-22(26)16-10-4-7-13-19(16)28-21(25)15-9-3-6-12-18(15)27-20(24)14-8-2-5-11-17(14)23;1-4(6(9)10-3)7-5(2)8/h2-13,23H,1H3;4H,1-3H3,(H,7,8). The van der Waals surface area contributed by atoms with Gasteiger partial charge in [0.15, 0.2) is 0 Å². The predicted molar refractivity (Wildman–Crippen MR) is 144 cm³/mol. The second-order valence-corrected chi connectivity index (χ2v) is 8.50. The van der Waals surface area contributed by atoms with Gasteiger partial charge in [0.25, 0.3) is 0 Å². The topological polar surface area (TPSA) is 145 Å². The second kappa shape index (κ2) is 14.9. The van der Waals surface area contributed by atoms with Gasteiger partial charge >= 0.3 is 17.9 Å². The average molecular weight is 554 g/mol. The molecule has 39 heavy (non-hydrogen) atoms. The maximum Gasteiger partial charge on any atom is 0.347 e. The van der Waals surface area contributed by atoms with Crippen LogP contribution < -0.4 is 14.8 Å². The Labute approximate surface area is 229 Å². The molecule has 0 aliphatic rings. The molecule has 0 aliphatic heterocycles. The van der Waals surface area contributed by atoms with E-state index in [2.05, 4.69) is 10.1 Å². The van der Waals surface area contributed by atoms with Crippen molar-refractivity contribution in [3.8, 4) is 17.2 Å². The van der Waals surface area contributed by atoms with Crippen LogP contribution in [0.4, 0.5) is 0 Å². The molecule has 1 amide bonds. The minimum absolute atomic E-state index is 0.00248. The molecule has 0 saturated carbocycles. The number of carbonyl (C=O) groups is 5. The summed E-state index contributed by atoms with van der Waals surface area (Å²) in [5, 5.41) is 11.9. The number of aromatic hydroxyl groups is 1. The van der Waals surface area contributed by atoms with Crippen molar-refractivity contribution in [2.24, 2.45) is 0 Å². The summed E-state index contributed by atoms with van der Waals surface area (Å²) in [5.41, 5.74) is 0.228. The normalized spacial score (nSPS) is 10.7. The molecule has 0 saturated heterocycles. The number of ether oxygens (including phenoxy) is 3. The zero-order valence-corrected chi connectivity index (χ0v) is 22.4. The molecule has 204 valence electrons. The molecule has 0 fully saturated rings. The predicted octanol–water partition coefficient (Wildman–Crippen LogP) is 4.02. The Balaban J connectivity index is 0.000000455. The van der Waals surface area contributed by atoms with Crippen molar-refractivity contribution < 1.29 is 43.3 Å². The van der Waals surface area contributed by atoms with Gasteiger partial charge in [0.2, 0.25) is 11.0 Å². The van der Waals surface area contributed by atoms with Crippen LogP contribution in [0.2, 0.25) is 0 Å². The molecule has 0 radical (unpaired) electrons. The summed E-state index contributed by atoms with van der Waals surface area (Å²) in [6.45, 7) is 2.91. The molecule has 3 aromatic rings. The van der Waals surface area contributed by atoms with Gasteiger partial charge in [0, 0.05) is 6.92 Å². The van der Waals surface area contributed by atoms with Crippen molar-refractivity contribution in [1.29, 1.82) is 0 Å². The monoisotopic (exact) mass is 553 g/mol. The molecule has 0 heterocycles. The maximum atomic E-state index is 12.7. The number of benzene rings is 3. The van der Waals surface area contributed by atoms with E-state index >= 15 is 0 Å². The van der Waals surface area contributed by atoms with Gasteiger partial charge in [0.1, 0.15) is 34.4 Å². The van der Waals surface area contributed by atoms with Gasteiger partial charge in [-0.3, -0.25) is 9.59 Å². The van der Waals surface area contributed by atoms with Crippen LogP contribution in [0.5, 0.6) is 17.2 Å². The summed E-state index contributed by atoms with van der Waals surface area (Å²) >= 11 is 1.00. The van der Waals surface area contributed by atoms with Crippen LogP contribution in [-0.2, 0) is 14.3 Å². The van der Waals surface area contributed by atoms with Crippen LogP contribution in [0.25, 0.3) is 0 Å². The molecule has 10 nitrogen and oxygen atoms in total. The van der Waals surface area contributed by atoms with Gasteiger partial charge in [-0.1, -0.05) is 48.2 Å². The molecule has 0 aliphatic carbocycles. The van der Waals surface area contributed by atoms with E-state index in [1.165, 1.54) is 44.4 Å². The number of nitrogens with one attached hydrogen (secondary N) is 1. The quantitative estimate of drug-likeness (QED) is 0.325. The highest BCUT2D eigenvalue weighted by atomic mass is 32.2. The fraction of sp³-hybridized carbons (Fsp3) is 0.179. The summed E-state index contributed by atoms with van der Waals surface area (Å²) in [6, 6.07) is 17.8. The minimum atomic E-state index is -0.818. The number of para-hydroxylation sites is 3. The SMILES string of the molecule is COC(=O)C(C)NC(C)=O.CSC(=O)c1ccccc1OC(=O)c1ccccc1OC(=O)c1ccccc1O. The molecule has 3 rings (SSSR count). The first-order valence-corrected chi connectivity index (χ1v) is 12.6. The van der Waals surface area contributed by atoms with E-state index in [1.54, 1.807) is 55.6 Å². The van der Waals surface area contributed by atoms with E-state index in [1.807, 2.05) is 0 Å².